The number of hydrogen-bond acceptors (Lipinski definition) is 7. The molecule has 0 aromatic heterocycles. The Morgan fingerprint density at radius 2 is 1.71 bits per heavy atom. The number of carbonyl (C=O) groups excluding carboxylic acids is 1. The predicted molar refractivity (Wildman–Crippen MR) is 113 cm³/mol. The fraction of sp³-hybridized carbons (Fsp3) is 0.250. The van der Waals surface area contributed by atoms with Crippen molar-refractivity contribution in [3.63, 3.8) is 0 Å². The summed E-state index contributed by atoms with van der Waals surface area (Å²) < 4.78 is 0. The average molecular weight is 432 g/mol. The van der Waals surface area contributed by atoms with Crippen LogP contribution in [0.4, 0.5) is 0 Å². The van der Waals surface area contributed by atoms with Gasteiger partial charge < -0.3 is 35.6 Å². The van der Waals surface area contributed by atoms with E-state index >= 15 is 0 Å². The van der Waals surface area contributed by atoms with Crippen LogP contribution >= 0.6 is 0 Å². The molecule has 2 rings (SSSR count). The van der Waals surface area contributed by atoms with Gasteiger partial charge in [-0.25, -0.2) is 4.79 Å². The molecule has 2 aromatic carbocycles. The van der Waals surface area contributed by atoms with Crippen molar-refractivity contribution >= 4 is 25.5 Å². The number of phenols is 1. The summed E-state index contributed by atoms with van der Waals surface area (Å²) in [5.41, 5.74) is 1.25. The molecule has 2 aromatic rings. The molecule has 0 saturated heterocycles. The Bertz CT molecular complexity index is 887. The van der Waals surface area contributed by atoms with Gasteiger partial charge in [0.15, 0.2) is 0 Å². The lowest BCUT2D eigenvalue weighted by molar-refractivity contribution is -0.122. The highest BCUT2D eigenvalue weighted by Gasteiger charge is 2.28. The van der Waals surface area contributed by atoms with Gasteiger partial charge in [0.2, 0.25) is 0 Å². The summed E-state index contributed by atoms with van der Waals surface area (Å²) in [4.78, 5) is 33.9. The first kappa shape index (κ1) is 25.6. The van der Waals surface area contributed by atoms with Crippen LogP contribution in [-0.4, -0.2) is 75.8 Å². The molecule has 0 radical (unpaired) electrons. The third kappa shape index (κ3) is 8.09. The maximum atomic E-state index is 12.4. The number of carboxylic acid groups (broad SMARTS) is 2. The fourth-order valence-electron chi connectivity index (χ4n) is 2.77. The Morgan fingerprint density at radius 1 is 1.13 bits per heavy atom. The molecule has 0 saturated carbocycles. The summed E-state index contributed by atoms with van der Waals surface area (Å²) in [6.07, 6.45) is -0.158. The first-order valence-electron chi connectivity index (χ1n) is 9.13. The van der Waals surface area contributed by atoms with Gasteiger partial charge in [-0.3, -0.25) is 9.59 Å². The number of carbonyl (C=O) groups is 3. The molecule has 0 unspecified atom stereocenters. The molecule has 6 N–H and O–H groups in total. The summed E-state index contributed by atoms with van der Waals surface area (Å²) in [6, 6.07) is 11.0. The minimum Gasteiger partial charge on any atom is -0.507 e. The minimum absolute atomic E-state index is 0.158. The summed E-state index contributed by atoms with van der Waals surface area (Å²) >= 11 is 0. The van der Waals surface area contributed by atoms with E-state index in [0.29, 0.717) is 5.56 Å². The number of aromatic carboxylic acids is 1. The smallest absolute Gasteiger partial charge is 0.475 e. The van der Waals surface area contributed by atoms with Gasteiger partial charge >= 0.3 is 13.1 Å². The molecule has 11 heteroatoms. The van der Waals surface area contributed by atoms with Crippen LogP contribution in [0.3, 0.4) is 0 Å². The van der Waals surface area contributed by atoms with Gasteiger partial charge in [-0.1, -0.05) is 24.3 Å². The van der Waals surface area contributed by atoms with E-state index in [1.165, 1.54) is 18.2 Å². The van der Waals surface area contributed by atoms with Crippen LogP contribution < -0.4 is 5.32 Å². The Hall–Kier alpha value is -3.41. The summed E-state index contributed by atoms with van der Waals surface area (Å²) in [5.74, 6) is -3.42. The van der Waals surface area contributed by atoms with Crippen LogP contribution in [0.15, 0.2) is 42.5 Å². The fourth-order valence-corrected chi connectivity index (χ4v) is 2.77. The first-order chi connectivity index (χ1) is 14.6. The molecular weight excluding hydrogens is 407 g/mol. The van der Waals surface area contributed by atoms with E-state index in [4.69, 9.17) is 15.0 Å². The third-order valence-electron chi connectivity index (χ3n) is 4.18. The molecule has 0 heterocycles. The highest BCUT2D eigenvalue weighted by molar-refractivity contribution is 6.43. The van der Waals surface area contributed by atoms with Crippen molar-refractivity contribution < 1.29 is 39.8 Å². The SMILES string of the molecule is CN(C)Cc1ccc(C(=O)N[C@@H](Cc2cccc(C(=O)O)c2O)B(O)O)cc1.O=CO. The molecule has 10 nitrogen and oxygen atoms in total. The quantitative estimate of drug-likeness (QED) is 0.252. The van der Waals surface area contributed by atoms with Crippen LogP contribution in [-0.2, 0) is 17.8 Å². The van der Waals surface area contributed by atoms with Crippen LogP contribution in [0.2, 0.25) is 0 Å². The van der Waals surface area contributed by atoms with Crippen molar-refractivity contribution in [3.05, 3.63) is 64.7 Å². The maximum Gasteiger partial charge on any atom is 0.475 e. The van der Waals surface area contributed by atoms with E-state index in [0.717, 1.165) is 12.1 Å². The summed E-state index contributed by atoms with van der Waals surface area (Å²) in [5, 5.41) is 47.8. The number of para-hydroxylation sites is 1. The second-order valence-corrected chi connectivity index (χ2v) is 6.86. The van der Waals surface area contributed by atoms with Crippen molar-refractivity contribution in [1.29, 1.82) is 0 Å². The standard InChI is InChI=1S/C19H23BN2O6.CH2O2/c1-22(2)11-12-6-8-13(9-7-12)18(24)21-16(20(27)28)10-14-4-3-5-15(17(14)23)19(25)26;2-1-3/h3-9,16,23,27-28H,10-11H2,1-2H3,(H,21,24)(H,25,26);1H,(H,2,3)/t16-;/m0./s1. The van der Waals surface area contributed by atoms with E-state index in [2.05, 4.69) is 5.32 Å². The molecular formula is C20H25BN2O8. The van der Waals surface area contributed by atoms with E-state index in [1.54, 1.807) is 24.3 Å². The molecule has 0 bridgehead atoms. The third-order valence-corrected chi connectivity index (χ3v) is 4.18. The van der Waals surface area contributed by atoms with E-state index in [-0.39, 0.29) is 24.0 Å². The lowest BCUT2D eigenvalue weighted by Crippen LogP contribution is -2.47. The molecule has 0 aliphatic heterocycles. The van der Waals surface area contributed by atoms with Gasteiger partial charge in [0.1, 0.15) is 11.3 Å². The molecule has 0 aliphatic rings. The molecule has 1 atom stereocenters. The number of amides is 1. The molecule has 1 amide bonds. The summed E-state index contributed by atoms with van der Waals surface area (Å²) in [6.45, 7) is 0.471. The second kappa shape index (κ2) is 12.3. The minimum atomic E-state index is -1.90. The van der Waals surface area contributed by atoms with Gasteiger partial charge in [0, 0.05) is 12.1 Å². The van der Waals surface area contributed by atoms with Crippen molar-refractivity contribution in [1.82, 2.24) is 10.2 Å². The van der Waals surface area contributed by atoms with E-state index < -0.39 is 30.7 Å². The van der Waals surface area contributed by atoms with Gasteiger partial charge in [-0.2, -0.15) is 0 Å². The monoisotopic (exact) mass is 432 g/mol. The van der Waals surface area contributed by atoms with Crippen LogP contribution in [0.25, 0.3) is 0 Å². The van der Waals surface area contributed by atoms with E-state index in [9.17, 15) is 24.7 Å². The lowest BCUT2D eigenvalue weighted by Gasteiger charge is -2.19. The number of carboxylic acids is 1. The molecule has 166 valence electrons. The van der Waals surface area contributed by atoms with Crippen molar-refractivity contribution in [2.24, 2.45) is 0 Å². The first-order valence-corrected chi connectivity index (χ1v) is 9.13. The van der Waals surface area contributed by atoms with Gasteiger partial charge in [0.05, 0.1) is 5.94 Å². The number of nitrogens with one attached hydrogen (secondary N) is 1. The average Bonchev–Trinajstić information content (AvgIpc) is 2.69. The summed E-state index contributed by atoms with van der Waals surface area (Å²) in [7, 11) is 1.97. The Kier molecular flexibility index (Phi) is 10.2. The van der Waals surface area contributed by atoms with E-state index in [1.807, 2.05) is 19.0 Å². The van der Waals surface area contributed by atoms with Crippen LogP contribution in [0, 0.1) is 0 Å². The van der Waals surface area contributed by atoms with Gasteiger partial charge in [-0.15, -0.1) is 0 Å². The zero-order valence-electron chi connectivity index (χ0n) is 17.1. The van der Waals surface area contributed by atoms with Gasteiger partial charge in [0.25, 0.3) is 12.4 Å². The topological polar surface area (TPSA) is 168 Å². The molecule has 0 fully saturated rings. The number of benzene rings is 2. The predicted octanol–water partition coefficient (Wildman–Crippen LogP) is 0.206. The highest BCUT2D eigenvalue weighted by Crippen LogP contribution is 2.24. The molecule has 0 aliphatic carbocycles. The van der Waals surface area contributed by atoms with Crippen LogP contribution in [0.1, 0.15) is 31.8 Å². The van der Waals surface area contributed by atoms with Crippen molar-refractivity contribution in [2.45, 2.75) is 18.9 Å². The Morgan fingerprint density at radius 3 is 2.19 bits per heavy atom. The molecule has 31 heavy (non-hydrogen) atoms. The number of nitrogens with zero attached hydrogens (tertiary/aromatic N) is 1. The zero-order valence-corrected chi connectivity index (χ0v) is 17.1. The van der Waals surface area contributed by atoms with Crippen molar-refractivity contribution in [3.8, 4) is 5.75 Å². The number of rotatable bonds is 8. The maximum absolute atomic E-state index is 12.4. The Labute approximate surface area is 179 Å². The lowest BCUT2D eigenvalue weighted by atomic mass is 9.75. The highest BCUT2D eigenvalue weighted by atomic mass is 16.4. The largest absolute Gasteiger partial charge is 0.507 e. The molecule has 0 spiro atoms. The Balaban J connectivity index is 0.00000151. The normalized spacial score (nSPS) is 11.1. The van der Waals surface area contributed by atoms with Crippen molar-refractivity contribution in [2.75, 3.05) is 14.1 Å². The number of hydrogen-bond donors (Lipinski definition) is 6. The second-order valence-electron chi connectivity index (χ2n) is 6.86. The number of aromatic hydroxyl groups is 1. The van der Waals surface area contributed by atoms with Gasteiger partial charge in [-0.05, 0) is 49.8 Å². The zero-order chi connectivity index (χ0) is 23.6. The van der Waals surface area contributed by atoms with Crippen LogP contribution in [0.5, 0.6) is 5.75 Å².